The first-order valence-corrected chi connectivity index (χ1v) is 10.1. The van der Waals surface area contributed by atoms with Gasteiger partial charge in [-0.05, 0) is 68.0 Å². The molecular weight excluding hydrogens is 380 g/mol. The van der Waals surface area contributed by atoms with Gasteiger partial charge >= 0.3 is 0 Å². The van der Waals surface area contributed by atoms with Crippen molar-refractivity contribution in [1.29, 1.82) is 0 Å². The maximum Gasteiger partial charge on any atom is 0.0896 e. The molecule has 0 spiro atoms. The molecule has 4 nitrogen and oxygen atoms in total. The smallest absolute Gasteiger partial charge is 0.0896 e. The second-order valence-corrected chi connectivity index (χ2v) is 7.11. The monoisotopic (exact) mass is 402 g/mol. The quantitative estimate of drug-likeness (QED) is 0.361. The summed E-state index contributed by atoms with van der Waals surface area (Å²) in [7, 11) is 0. The molecule has 1 aliphatic rings. The second-order valence-electron chi connectivity index (χ2n) is 7.11. The average molecular weight is 403 g/mol. The number of pyridine rings is 3. The van der Waals surface area contributed by atoms with Crippen molar-refractivity contribution in [1.82, 2.24) is 15.0 Å². The van der Waals surface area contributed by atoms with Gasteiger partial charge in [-0.15, -0.1) is 5.73 Å². The van der Waals surface area contributed by atoms with Crippen LogP contribution < -0.4 is 0 Å². The van der Waals surface area contributed by atoms with Gasteiger partial charge in [-0.25, -0.2) is 4.98 Å². The van der Waals surface area contributed by atoms with Crippen LogP contribution in [0.3, 0.4) is 0 Å². The Morgan fingerprint density at radius 2 is 1.26 bits per heavy atom. The van der Waals surface area contributed by atoms with Crippen molar-refractivity contribution in [3.63, 3.8) is 0 Å². The lowest BCUT2D eigenvalue weighted by atomic mass is 10.1. The molecule has 31 heavy (non-hydrogen) atoms. The van der Waals surface area contributed by atoms with Gasteiger partial charge in [-0.1, -0.05) is 30.3 Å². The first-order valence-electron chi connectivity index (χ1n) is 10.1. The number of hydrogen-bond acceptors (Lipinski definition) is 4. The van der Waals surface area contributed by atoms with Crippen LogP contribution in [0.1, 0.15) is 18.1 Å². The zero-order valence-corrected chi connectivity index (χ0v) is 17.5. The molecule has 3 aromatic heterocycles. The maximum absolute atomic E-state index is 4.65. The Labute approximate surface area is 182 Å². The van der Waals surface area contributed by atoms with E-state index >= 15 is 0 Å². The highest BCUT2D eigenvalue weighted by Crippen LogP contribution is 2.22. The van der Waals surface area contributed by atoms with Crippen LogP contribution in [0, 0.1) is 6.92 Å². The number of fused-ring (bicyclic) bond motifs is 1. The van der Waals surface area contributed by atoms with Crippen molar-refractivity contribution in [2.45, 2.75) is 13.8 Å². The molecule has 0 bridgehead atoms. The Balaban J connectivity index is 0.000000166. The minimum absolute atomic E-state index is 0.876. The molecule has 150 valence electrons. The third-order valence-electron chi connectivity index (χ3n) is 4.59. The Morgan fingerprint density at radius 1 is 0.645 bits per heavy atom. The van der Waals surface area contributed by atoms with Crippen molar-refractivity contribution >= 4 is 17.5 Å². The van der Waals surface area contributed by atoms with Crippen molar-refractivity contribution in [3.05, 3.63) is 108 Å². The lowest BCUT2D eigenvalue weighted by Crippen LogP contribution is -1.93. The molecule has 4 heterocycles. The highest BCUT2D eigenvalue weighted by atomic mass is 14.8. The summed E-state index contributed by atoms with van der Waals surface area (Å²) < 4.78 is 0. The number of hydrogen-bond donors (Lipinski definition) is 0. The van der Waals surface area contributed by atoms with Gasteiger partial charge in [-0.2, -0.15) is 0 Å². The number of allylic oxidation sites excluding steroid dienone is 1. The van der Waals surface area contributed by atoms with Crippen LogP contribution >= 0.6 is 0 Å². The van der Waals surface area contributed by atoms with Gasteiger partial charge in [0.1, 0.15) is 0 Å². The Hall–Kier alpha value is -4.14. The summed E-state index contributed by atoms with van der Waals surface area (Å²) in [5.41, 5.74) is 10.9. The van der Waals surface area contributed by atoms with Crippen LogP contribution in [0.2, 0.25) is 0 Å². The van der Waals surface area contributed by atoms with Crippen molar-refractivity contribution in [3.8, 4) is 22.8 Å². The van der Waals surface area contributed by atoms with Gasteiger partial charge in [0.2, 0.25) is 0 Å². The molecule has 0 unspecified atom stereocenters. The van der Waals surface area contributed by atoms with Crippen LogP contribution in [-0.2, 0) is 0 Å². The zero-order valence-electron chi connectivity index (χ0n) is 17.5. The molecule has 0 aliphatic carbocycles. The first-order chi connectivity index (χ1) is 15.2. The molecule has 1 aromatic carbocycles. The van der Waals surface area contributed by atoms with E-state index in [9.17, 15) is 0 Å². The third kappa shape index (κ3) is 5.27. The molecule has 0 atom stereocenters. The fraction of sp³-hybridized carbons (Fsp3) is 0.0741. The molecule has 5 rings (SSSR count). The van der Waals surface area contributed by atoms with E-state index in [1.165, 1.54) is 0 Å². The standard InChI is InChI=1S/C16H13N3.C11H9N/c1-12-10-15(13-6-2-4-8-17-13)19-16(11-12)14-7-3-5-9-18-14;1-9-5-4-7-10-6-2-3-8-11(10)12-9/h2-11H,1H3;2-3,5-8H,1H3. The summed E-state index contributed by atoms with van der Waals surface area (Å²) in [4.78, 5) is 17.7. The van der Waals surface area contributed by atoms with E-state index < -0.39 is 0 Å². The molecule has 1 aliphatic heterocycles. The summed E-state index contributed by atoms with van der Waals surface area (Å²) in [6.07, 6.45) is 7.40. The SMILES string of the molecule is CC1=Nc2ccccc2C=C=C1.Cc1cc(-c2ccccn2)nc(-c2ccccn2)c1. The number of benzene rings is 1. The number of aliphatic imine (C=N–C) groups is 1. The zero-order chi connectivity index (χ0) is 21.5. The van der Waals surface area contributed by atoms with Crippen LogP contribution in [-0.4, -0.2) is 20.7 Å². The lowest BCUT2D eigenvalue weighted by molar-refractivity contribution is 1.20. The van der Waals surface area contributed by atoms with Crippen LogP contribution in [0.15, 0.2) is 102 Å². The first kappa shape index (κ1) is 20.1. The van der Waals surface area contributed by atoms with E-state index in [1.807, 2.05) is 91.9 Å². The molecule has 0 fully saturated rings. The summed E-state index contributed by atoms with van der Waals surface area (Å²) in [6, 6.07) is 23.8. The molecule has 0 radical (unpaired) electrons. The number of aromatic nitrogens is 3. The van der Waals surface area contributed by atoms with Gasteiger partial charge in [-0.3, -0.25) is 15.0 Å². The summed E-state index contributed by atoms with van der Waals surface area (Å²) in [5.74, 6) is 0. The number of rotatable bonds is 2. The lowest BCUT2D eigenvalue weighted by Gasteiger charge is -2.06. The summed E-state index contributed by atoms with van der Waals surface area (Å²) in [6.45, 7) is 4.03. The maximum atomic E-state index is 4.65. The highest BCUT2D eigenvalue weighted by molar-refractivity contribution is 5.96. The fourth-order valence-corrected chi connectivity index (χ4v) is 3.14. The number of aryl methyl sites for hydroxylation is 1. The van der Waals surface area contributed by atoms with E-state index in [1.54, 1.807) is 12.4 Å². The van der Waals surface area contributed by atoms with Crippen LogP contribution in [0.4, 0.5) is 5.69 Å². The van der Waals surface area contributed by atoms with Gasteiger partial charge in [0.05, 0.1) is 28.5 Å². The molecule has 4 heteroatoms. The summed E-state index contributed by atoms with van der Waals surface area (Å²) >= 11 is 0. The van der Waals surface area contributed by atoms with Crippen LogP contribution in [0.5, 0.6) is 0 Å². The summed E-state index contributed by atoms with van der Waals surface area (Å²) in [5, 5.41) is 0. The fourth-order valence-electron chi connectivity index (χ4n) is 3.14. The molecular formula is C27H22N4. The minimum atomic E-state index is 0.876. The molecule has 0 saturated heterocycles. The van der Waals surface area contributed by atoms with Gasteiger partial charge < -0.3 is 0 Å². The van der Waals surface area contributed by atoms with Crippen LogP contribution in [0.25, 0.3) is 28.9 Å². The molecule has 4 aromatic rings. The Morgan fingerprint density at radius 3 is 1.87 bits per heavy atom. The molecule has 0 N–H and O–H groups in total. The normalized spacial score (nSPS) is 11.6. The van der Waals surface area contributed by atoms with E-state index in [0.29, 0.717) is 0 Å². The second kappa shape index (κ2) is 9.57. The predicted molar refractivity (Wildman–Crippen MR) is 127 cm³/mol. The average Bonchev–Trinajstić information content (AvgIpc) is 3.01. The predicted octanol–water partition coefficient (Wildman–Crippen LogP) is 6.47. The largest absolute Gasteiger partial charge is 0.255 e. The Kier molecular flexibility index (Phi) is 6.22. The van der Waals surface area contributed by atoms with Crippen molar-refractivity contribution in [2.75, 3.05) is 0 Å². The number of para-hydroxylation sites is 1. The van der Waals surface area contributed by atoms with E-state index in [0.717, 1.165) is 45.3 Å². The van der Waals surface area contributed by atoms with Gasteiger partial charge in [0.15, 0.2) is 0 Å². The van der Waals surface area contributed by atoms with E-state index in [-0.39, 0.29) is 0 Å². The molecule has 0 saturated carbocycles. The topological polar surface area (TPSA) is 51.0 Å². The molecule has 0 amide bonds. The van der Waals surface area contributed by atoms with E-state index in [2.05, 4.69) is 32.6 Å². The van der Waals surface area contributed by atoms with Crippen molar-refractivity contribution < 1.29 is 0 Å². The third-order valence-corrected chi connectivity index (χ3v) is 4.59. The van der Waals surface area contributed by atoms with Gasteiger partial charge in [0.25, 0.3) is 0 Å². The van der Waals surface area contributed by atoms with Crippen molar-refractivity contribution in [2.24, 2.45) is 4.99 Å². The minimum Gasteiger partial charge on any atom is -0.255 e. The number of nitrogens with zero attached hydrogens (tertiary/aromatic N) is 4. The highest BCUT2D eigenvalue weighted by Gasteiger charge is 2.06. The Bertz CT molecular complexity index is 1210. The van der Waals surface area contributed by atoms with Gasteiger partial charge in [0, 0.05) is 29.7 Å². The van der Waals surface area contributed by atoms with E-state index in [4.69, 9.17) is 0 Å².